The third kappa shape index (κ3) is 2.28. The van der Waals surface area contributed by atoms with E-state index >= 15 is 0 Å². The molecule has 0 spiro atoms. The maximum Gasteiger partial charge on any atom is 0.219 e. The van der Waals surface area contributed by atoms with Crippen molar-refractivity contribution in [2.75, 3.05) is 5.73 Å². The van der Waals surface area contributed by atoms with Gasteiger partial charge < -0.3 is 10.5 Å². The van der Waals surface area contributed by atoms with E-state index in [0.29, 0.717) is 22.9 Å². The van der Waals surface area contributed by atoms with Crippen LogP contribution in [0.4, 0.5) is 10.1 Å². The molecular formula is C12H11FN2O. The van der Waals surface area contributed by atoms with Crippen LogP contribution in [0.25, 0.3) is 0 Å². The number of ether oxygens (including phenoxy) is 1. The summed E-state index contributed by atoms with van der Waals surface area (Å²) in [5.74, 6) is 0.505. The third-order valence-corrected chi connectivity index (χ3v) is 2.12. The van der Waals surface area contributed by atoms with Crippen LogP contribution in [0.15, 0.2) is 36.5 Å². The molecule has 0 bridgehead atoms. The number of nitrogen functional groups attached to an aromatic ring is 1. The first-order valence-corrected chi connectivity index (χ1v) is 4.81. The number of hydrogen-bond acceptors (Lipinski definition) is 3. The van der Waals surface area contributed by atoms with Gasteiger partial charge in [-0.3, -0.25) is 0 Å². The van der Waals surface area contributed by atoms with Gasteiger partial charge in [0.25, 0.3) is 0 Å². The Morgan fingerprint density at radius 1 is 1.25 bits per heavy atom. The fourth-order valence-electron chi connectivity index (χ4n) is 1.21. The maximum absolute atomic E-state index is 13.2. The summed E-state index contributed by atoms with van der Waals surface area (Å²) in [5.41, 5.74) is 6.62. The van der Waals surface area contributed by atoms with Gasteiger partial charge in [-0.2, -0.15) is 0 Å². The SMILES string of the molecule is Cc1ccc(Oc2ccc(N)cn2)cc1F. The van der Waals surface area contributed by atoms with Crippen LogP contribution in [0.1, 0.15) is 5.56 Å². The average Bonchev–Trinajstić information content (AvgIpc) is 2.27. The molecule has 0 aliphatic heterocycles. The molecule has 1 heterocycles. The van der Waals surface area contributed by atoms with E-state index in [-0.39, 0.29) is 5.82 Å². The Labute approximate surface area is 92.7 Å². The van der Waals surface area contributed by atoms with Crippen LogP contribution in [0, 0.1) is 12.7 Å². The Bertz CT molecular complexity index is 497. The maximum atomic E-state index is 13.2. The fourth-order valence-corrected chi connectivity index (χ4v) is 1.21. The second-order valence-electron chi connectivity index (χ2n) is 3.44. The zero-order valence-corrected chi connectivity index (χ0v) is 8.77. The van der Waals surface area contributed by atoms with Crippen molar-refractivity contribution in [1.29, 1.82) is 0 Å². The molecule has 0 saturated heterocycles. The molecule has 3 nitrogen and oxygen atoms in total. The van der Waals surface area contributed by atoms with Gasteiger partial charge in [0.2, 0.25) is 5.88 Å². The van der Waals surface area contributed by atoms with Gasteiger partial charge in [0, 0.05) is 12.1 Å². The predicted molar refractivity (Wildman–Crippen MR) is 59.9 cm³/mol. The minimum atomic E-state index is -0.298. The molecule has 0 amide bonds. The number of nitrogens with zero attached hydrogens (tertiary/aromatic N) is 1. The summed E-state index contributed by atoms with van der Waals surface area (Å²) in [6, 6.07) is 7.98. The van der Waals surface area contributed by atoms with E-state index in [1.807, 2.05) is 0 Å². The Balaban J connectivity index is 2.20. The summed E-state index contributed by atoms with van der Waals surface area (Å²) in [5, 5.41) is 0. The van der Waals surface area contributed by atoms with Crippen LogP contribution in [-0.4, -0.2) is 4.98 Å². The molecule has 0 atom stereocenters. The lowest BCUT2D eigenvalue weighted by molar-refractivity contribution is 0.458. The normalized spacial score (nSPS) is 10.1. The summed E-state index contributed by atoms with van der Waals surface area (Å²) in [4.78, 5) is 3.96. The van der Waals surface area contributed by atoms with E-state index in [4.69, 9.17) is 10.5 Å². The third-order valence-electron chi connectivity index (χ3n) is 2.12. The highest BCUT2D eigenvalue weighted by Gasteiger charge is 2.02. The van der Waals surface area contributed by atoms with Crippen molar-refractivity contribution >= 4 is 5.69 Å². The van der Waals surface area contributed by atoms with Gasteiger partial charge in [0.1, 0.15) is 11.6 Å². The van der Waals surface area contributed by atoms with Crippen LogP contribution in [0.3, 0.4) is 0 Å². The second kappa shape index (κ2) is 4.18. The van der Waals surface area contributed by atoms with Crippen molar-refractivity contribution < 1.29 is 9.13 Å². The summed E-state index contributed by atoms with van der Waals surface area (Å²) in [7, 11) is 0. The van der Waals surface area contributed by atoms with Crippen molar-refractivity contribution in [2.24, 2.45) is 0 Å². The molecule has 0 saturated carbocycles. The van der Waals surface area contributed by atoms with Crippen LogP contribution >= 0.6 is 0 Å². The van der Waals surface area contributed by atoms with E-state index < -0.39 is 0 Å². The van der Waals surface area contributed by atoms with E-state index in [1.54, 1.807) is 31.2 Å². The Kier molecular flexibility index (Phi) is 2.72. The smallest absolute Gasteiger partial charge is 0.219 e. The fraction of sp³-hybridized carbons (Fsp3) is 0.0833. The number of hydrogen-bond donors (Lipinski definition) is 1. The van der Waals surface area contributed by atoms with Gasteiger partial charge >= 0.3 is 0 Å². The molecule has 0 aliphatic carbocycles. The lowest BCUT2D eigenvalue weighted by Gasteiger charge is -2.05. The first-order chi connectivity index (χ1) is 7.65. The second-order valence-corrected chi connectivity index (χ2v) is 3.44. The molecule has 16 heavy (non-hydrogen) atoms. The van der Waals surface area contributed by atoms with Crippen molar-refractivity contribution in [3.8, 4) is 11.6 Å². The topological polar surface area (TPSA) is 48.1 Å². The van der Waals surface area contributed by atoms with E-state index in [2.05, 4.69) is 4.98 Å². The number of halogens is 1. The predicted octanol–water partition coefficient (Wildman–Crippen LogP) is 2.90. The van der Waals surface area contributed by atoms with Gasteiger partial charge in [0.15, 0.2) is 0 Å². The van der Waals surface area contributed by atoms with Crippen LogP contribution in [0.5, 0.6) is 11.6 Å². The summed E-state index contributed by atoms with van der Waals surface area (Å²) in [6.45, 7) is 1.70. The van der Waals surface area contributed by atoms with Crippen molar-refractivity contribution in [1.82, 2.24) is 4.98 Å². The zero-order chi connectivity index (χ0) is 11.5. The molecule has 0 aliphatic rings. The highest BCUT2D eigenvalue weighted by molar-refractivity contribution is 5.37. The first kappa shape index (κ1) is 10.4. The van der Waals surface area contributed by atoms with Gasteiger partial charge in [-0.25, -0.2) is 9.37 Å². The molecule has 82 valence electrons. The van der Waals surface area contributed by atoms with Gasteiger partial charge in [-0.1, -0.05) is 6.07 Å². The lowest BCUT2D eigenvalue weighted by atomic mass is 10.2. The number of pyridine rings is 1. The molecule has 1 aromatic carbocycles. The summed E-state index contributed by atoms with van der Waals surface area (Å²) < 4.78 is 18.6. The Hall–Kier alpha value is -2.10. The largest absolute Gasteiger partial charge is 0.439 e. The number of rotatable bonds is 2. The molecule has 1 aromatic heterocycles. The first-order valence-electron chi connectivity index (χ1n) is 4.81. The standard InChI is InChI=1S/C12H11FN2O/c1-8-2-4-10(6-11(8)13)16-12-5-3-9(14)7-15-12/h2-7H,14H2,1H3. The van der Waals surface area contributed by atoms with Crippen LogP contribution in [-0.2, 0) is 0 Å². The molecule has 2 N–H and O–H groups in total. The monoisotopic (exact) mass is 218 g/mol. The van der Waals surface area contributed by atoms with E-state index in [9.17, 15) is 4.39 Å². The van der Waals surface area contributed by atoms with Crippen LogP contribution < -0.4 is 10.5 Å². The molecule has 0 unspecified atom stereocenters. The molecule has 2 aromatic rings. The number of benzene rings is 1. The quantitative estimate of drug-likeness (QED) is 0.843. The molecular weight excluding hydrogens is 207 g/mol. The van der Waals surface area contributed by atoms with Gasteiger partial charge in [0.05, 0.1) is 11.9 Å². The van der Waals surface area contributed by atoms with E-state index in [1.165, 1.54) is 12.3 Å². The Morgan fingerprint density at radius 3 is 2.69 bits per heavy atom. The summed E-state index contributed by atoms with van der Waals surface area (Å²) >= 11 is 0. The van der Waals surface area contributed by atoms with Gasteiger partial charge in [-0.15, -0.1) is 0 Å². The molecule has 0 fully saturated rings. The highest BCUT2D eigenvalue weighted by Crippen LogP contribution is 2.21. The lowest BCUT2D eigenvalue weighted by Crippen LogP contribution is -1.91. The Morgan fingerprint density at radius 2 is 2.06 bits per heavy atom. The van der Waals surface area contributed by atoms with Crippen molar-refractivity contribution in [2.45, 2.75) is 6.92 Å². The number of aryl methyl sites for hydroxylation is 1. The summed E-state index contributed by atoms with van der Waals surface area (Å²) in [6.07, 6.45) is 1.49. The van der Waals surface area contributed by atoms with Gasteiger partial charge in [-0.05, 0) is 24.6 Å². The highest BCUT2D eigenvalue weighted by atomic mass is 19.1. The average molecular weight is 218 g/mol. The number of aromatic nitrogens is 1. The minimum absolute atomic E-state index is 0.298. The molecule has 4 heteroatoms. The van der Waals surface area contributed by atoms with Crippen molar-refractivity contribution in [3.05, 3.63) is 47.9 Å². The number of anilines is 1. The van der Waals surface area contributed by atoms with E-state index in [0.717, 1.165) is 0 Å². The zero-order valence-electron chi connectivity index (χ0n) is 8.77. The van der Waals surface area contributed by atoms with Crippen molar-refractivity contribution in [3.63, 3.8) is 0 Å². The van der Waals surface area contributed by atoms with Crippen LogP contribution in [0.2, 0.25) is 0 Å². The molecule has 2 rings (SSSR count). The number of nitrogens with two attached hydrogens (primary N) is 1. The minimum Gasteiger partial charge on any atom is -0.439 e. The molecule has 0 radical (unpaired) electrons.